The zero-order valence-electron chi connectivity index (χ0n) is 56.3. The molecule has 33 nitrogen and oxygen atoms in total. The predicted octanol–water partition coefficient (Wildman–Crippen LogP) is 4.00. The maximum Gasteiger partial charge on any atom is 0.358 e. The number of aromatic nitrogens is 7. The summed E-state index contributed by atoms with van der Waals surface area (Å²) in [5.74, 6) is -7.48. The standard InChI is InChI=1S/C64H69N15O18S6/c1-25(80)41-55(87)74-42(26(2)92-9)58-69-35(23-101-58)53(85)75-45-47-48(97-39-16-64(4,90)49(78(7)8)27(3)96-39)63(89)94-17-28-11-10-12-37-40(28)30(18-93-47)46(79(37)91)62(88)95-19-31(66-51(83)33-22-103-60(45)71-33)57-67-32(20-100-57)43-29(56-68-34(21-99-56)52(84)73-41)15-38(81)44(72-43)59-70-36(24-102-59)54(86)76-61(50(65)82)98-14-13-77(5)6/h10-12,15,20-25,27,31,39,41,45,47-49,61,80-81,90-91H,13-14,16-19H2,1-9H3,(H2,65,82)(H,66,83)(H,73,84)(H,74,87)(H,75,85)(H,76,86)/b42-26+/t25-,27+,31+,39+,41?,45+,47+,48+,49-,61?,64+/m1/s1. The minimum absolute atomic E-state index is 0.0123. The molecule has 8 aromatic rings. The van der Waals surface area contributed by atoms with Crippen LogP contribution in [0.3, 0.4) is 0 Å². The molecule has 0 aliphatic carbocycles. The van der Waals surface area contributed by atoms with Gasteiger partial charge in [-0.2, -0.15) is 4.73 Å². The molecule has 0 radical (unpaired) electrons. The lowest BCUT2D eigenvalue weighted by Crippen LogP contribution is -2.62. The third-order valence-electron chi connectivity index (χ3n) is 17.1. The number of likely N-dealkylation sites (N-methyl/N-ethyl adjacent to an activating group) is 1. The van der Waals surface area contributed by atoms with Gasteiger partial charge in [0, 0.05) is 62.1 Å². The van der Waals surface area contributed by atoms with E-state index in [0.29, 0.717) is 22.6 Å². The van der Waals surface area contributed by atoms with Crippen LogP contribution in [0.25, 0.3) is 49.3 Å². The number of primary amides is 1. The van der Waals surface area contributed by atoms with Crippen molar-refractivity contribution in [2.45, 2.75) is 113 Å². The number of carbonyl (C=O) groups excluding carboxylic acids is 8. The van der Waals surface area contributed by atoms with Crippen LogP contribution >= 0.6 is 68.4 Å². The molecule has 4 aliphatic heterocycles. The number of allylic oxidation sites excluding steroid dienone is 1. The van der Waals surface area contributed by atoms with Crippen LogP contribution in [0.1, 0.15) is 125 Å². The second-order valence-corrected chi connectivity index (χ2v) is 30.5. The second kappa shape index (κ2) is 30.4. The van der Waals surface area contributed by atoms with Gasteiger partial charge in [-0.3, -0.25) is 28.8 Å². The molecule has 1 fully saturated rings. The molecule has 12 rings (SSSR count). The maximum absolute atomic E-state index is 15.2. The number of nitrogens with zero attached hydrogens (tertiary/aromatic N) is 9. The highest BCUT2D eigenvalue weighted by Gasteiger charge is 2.50. The summed E-state index contributed by atoms with van der Waals surface area (Å²) in [5.41, 5.74) is 2.94. The number of aliphatic hydroxyl groups is 2. The molecule has 2 unspecified atom stereocenters. The quantitative estimate of drug-likeness (QED) is 0.0337. The number of ether oxygens (including phenoxy) is 6. The number of rotatable bonds is 13. The topological polar surface area (TPSA) is 448 Å². The number of nitrogens with one attached hydrogen (secondary N) is 5. The summed E-state index contributed by atoms with van der Waals surface area (Å²) in [7, 11) is 8.54. The lowest BCUT2D eigenvalue weighted by Gasteiger charge is -2.48. The van der Waals surface area contributed by atoms with Crippen molar-refractivity contribution in [3.63, 3.8) is 0 Å². The molecule has 39 heteroatoms. The first-order valence-corrected chi connectivity index (χ1v) is 37.1. The molecule has 0 saturated carbocycles. The van der Waals surface area contributed by atoms with Crippen molar-refractivity contribution in [3.8, 4) is 38.4 Å². The summed E-state index contributed by atoms with van der Waals surface area (Å²) < 4.78 is 38.3. The highest BCUT2D eigenvalue weighted by atomic mass is 32.2. The van der Waals surface area contributed by atoms with Gasteiger partial charge in [-0.15, -0.1) is 68.4 Å². The number of fused-ring (bicyclic) bond motifs is 15. The van der Waals surface area contributed by atoms with E-state index in [4.69, 9.17) is 49.1 Å². The molecule has 7 aromatic heterocycles. The molecule has 0 spiro atoms. The fourth-order valence-corrected chi connectivity index (χ4v) is 17.5. The first-order chi connectivity index (χ1) is 49.1. The number of esters is 2. The highest BCUT2D eigenvalue weighted by molar-refractivity contribution is 8.00. The summed E-state index contributed by atoms with van der Waals surface area (Å²) in [6.45, 7) is 4.83. The van der Waals surface area contributed by atoms with Crippen LogP contribution in [0.5, 0.6) is 5.75 Å². The van der Waals surface area contributed by atoms with Gasteiger partial charge in [0.05, 0.1) is 43.1 Å². The Morgan fingerprint density at radius 3 is 2.23 bits per heavy atom. The van der Waals surface area contributed by atoms with Gasteiger partial charge in [-0.1, -0.05) is 12.1 Å². The average Bonchev–Trinajstić information content (AvgIpc) is 1.63. The SMILES string of the molecule is CO/C(C)=C1/NC(=O)C([C@@H](C)O)NC(=O)c2csc(n2)-c2cc(O)c(-c3nc(C(=O)NC(SCCN(C)C)C(N)=O)cs3)nc2-c2csc(n2)[C@@H]2COC(=O)c3c4c5c(cccc5n3O)COC(=O)[C@@H](O[C@H]3C[C@](C)(O)[C@H](N(C)C)[C@H](C)O3)[C@@H](OC4)[C@H](NC(=O)c3csc1n3)c1nc(cs1)C(=O)N2. The number of thiazole rings is 5. The van der Waals surface area contributed by atoms with E-state index in [1.54, 1.807) is 45.0 Å². The van der Waals surface area contributed by atoms with Crippen LogP contribution in [-0.4, -0.2) is 220 Å². The Labute approximate surface area is 610 Å². The number of hydrogen-bond donors (Lipinski definition) is 10. The molecule has 11 N–H and O–H groups in total. The number of methoxy groups -OCH3 is 1. The van der Waals surface area contributed by atoms with E-state index in [-0.39, 0.29) is 105 Å². The molecular formula is C64H69N15O18S6. The summed E-state index contributed by atoms with van der Waals surface area (Å²) >= 11 is 5.65. The van der Waals surface area contributed by atoms with Crippen molar-refractivity contribution in [1.82, 2.24) is 71.0 Å². The van der Waals surface area contributed by atoms with Crippen molar-refractivity contribution in [3.05, 3.63) is 112 Å². The Kier molecular flexibility index (Phi) is 21.8. The zero-order valence-corrected chi connectivity index (χ0v) is 61.2. The number of cyclic esters (lactones) is 2. The zero-order chi connectivity index (χ0) is 73.6. The Hall–Kier alpha value is -8.97. The van der Waals surface area contributed by atoms with Crippen molar-refractivity contribution in [2.75, 3.05) is 54.2 Å². The van der Waals surface area contributed by atoms with E-state index in [1.807, 2.05) is 19.0 Å². The van der Waals surface area contributed by atoms with Gasteiger partial charge in [0.15, 0.2) is 23.5 Å². The average molecular weight is 1530 g/mol. The fourth-order valence-electron chi connectivity index (χ4n) is 12.2. The number of benzene rings is 1. The summed E-state index contributed by atoms with van der Waals surface area (Å²) in [6.07, 6.45) is -7.56. The van der Waals surface area contributed by atoms with Crippen LogP contribution in [0.2, 0.25) is 0 Å². The number of thioether (sulfide) groups is 1. The van der Waals surface area contributed by atoms with E-state index in [0.717, 1.165) is 68.4 Å². The van der Waals surface area contributed by atoms with E-state index >= 15 is 19.2 Å². The molecule has 12 bridgehead atoms. The number of hydrogen-bond acceptors (Lipinski definition) is 32. The maximum atomic E-state index is 15.2. The summed E-state index contributed by atoms with van der Waals surface area (Å²) in [6, 6.07) is 0.666. The second-order valence-electron chi connectivity index (χ2n) is 25.0. The van der Waals surface area contributed by atoms with Gasteiger partial charge in [-0.05, 0) is 73.6 Å². The van der Waals surface area contributed by atoms with Crippen LogP contribution in [0, 0.1) is 0 Å². The third-order valence-corrected chi connectivity index (χ3v) is 22.7. The fraction of sp³-hybridized carbons (Fsp3) is 0.406. The van der Waals surface area contributed by atoms with Crippen molar-refractivity contribution in [2.24, 2.45) is 5.73 Å². The van der Waals surface area contributed by atoms with Crippen LogP contribution < -0.4 is 32.3 Å². The monoisotopic (exact) mass is 1530 g/mol. The van der Waals surface area contributed by atoms with Crippen LogP contribution in [-0.2, 0) is 56.0 Å². The third kappa shape index (κ3) is 15.4. The summed E-state index contributed by atoms with van der Waals surface area (Å²) in [5, 5.41) is 67.1. The van der Waals surface area contributed by atoms with Gasteiger partial charge < -0.3 is 91.1 Å². The number of amides is 6. The van der Waals surface area contributed by atoms with E-state index in [1.165, 1.54) is 60.0 Å². The molecule has 1 saturated heterocycles. The van der Waals surface area contributed by atoms with Gasteiger partial charge in [0.1, 0.15) is 120 Å². The van der Waals surface area contributed by atoms with E-state index in [2.05, 4.69) is 41.5 Å². The number of carbonyl (C=O) groups is 8. The van der Waals surface area contributed by atoms with E-state index < -0.39 is 144 Å². The van der Waals surface area contributed by atoms with Gasteiger partial charge in [0.25, 0.3) is 29.5 Å². The Morgan fingerprint density at radius 2 is 1.52 bits per heavy atom. The smallest absolute Gasteiger partial charge is 0.358 e. The van der Waals surface area contributed by atoms with Crippen molar-refractivity contribution >= 4 is 132 Å². The lowest BCUT2D eigenvalue weighted by molar-refractivity contribution is -0.280. The largest absolute Gasteiger partial charge is 0.506 e. The lowest BCUT2D eigenvalue weighted by atomic mass is 9.85. The minimum atomic E-state index is -1.92. The highest BCUT2D eigenvalue weighted by Crippen LogP contribution is 2.43. The van der Waals surface area contributed by atoms with Gasteiger partial charge in [-0.25, -0.2) is 39.5 Å². The Balaban J connectivity index is 1.02. The molecule has 544 valence electrons. The molecule has 4 aliphatic rings. The predicted molar refractivity (Wildman–Crippen MR) is 376 cm³/mol. The Morgan fingerprint density at radius 1 is 0.854 bits per heavy atom. The van der Waals surface area contributed by atoms with Crippen molar-refractivity contribution in [1.29, 1.82) is 0 Å². The van der Waals surface area contributed by atoms with E-state index in [9.17, 15) is 39.7 Å². The van der Waals surface area contributed by atoms with Crippen molar-refractivity contribution < 1.29 is 87.3 Å². The van der Waals surface area contributed by atoms with Crippen LogP contribution in [0.4, 0.5) is 0 Å². The molecule has 1 aromatic carbocycles. The molecule has 11 heterocycles. The molecular weight excluding hydrogens is 1460 g/mol. The number of pyridine rings is 1. The first-order valence-electron chi connectivity index (χ1n) is 31.6. The number of aromatic hydroxyl groups is 1. The Bertz CT molecular complexity index is 4670. The number of nitrogens with two attached hydrogens (primary N) is 1. The van der Waals surface area contributed by atoms with Crippen LogP contribution in [0.15, 0.2) is 56.9 Å². The molecule has 6 amide bonds. The number of aliphatic hydroxyl groups excluding tert-OH is 1. The minimum Gasteiger partial charge on any atom is -0.506 e. The molecule has 11 atom stereocenters. The first kappa shape index (κ1) is 73.8. The van der Waals surface area contributed by atoms with Gasteiger partial charge >= 0.3 is 11.9 Å². The molecule has 103 heavy (non-hydrogen) atoms. The summed E-state index contributed by atoms with van der Waals surface area (Å²) in [4.78, 5) is 147. The normalized spacial score (nSPS) is 23.9. The van der Waals surface area contributed by atoms with Gasteiger partial charge in [0.2, 0.25) is 5.91 Å².